The summed E-state index contributed by atoms with van der Waals surface area (Å²) in [6.45, 7) is -2.46. The Morgan fingerprint density at radius 3 is 2.43 bits per heavy atom. The van der Waals surface area contributed by atoms with E-state index >= 15 is 0 Å². The molecule has 2 fully saturated rings. The van der Waals surface area contributed by atoms with Crippen LogP contribution in [0, 0.1) is 24.9 Å². The van der Waals surface area contributed by atoms with Gasteiger partial charge in [0, 0.05) is 41.3 Å². The number of pyridine rings is 1. The molecule has 3 heterocycles. The molecule has 0 atom stereocenters. The fourth-order valence-electron chi connectivity index (χ4n) is 6.46. The molecule has 2 aliphatic carbocycles. The second-order valence-electron chi connectivity index (χ2n) is 11.8. The number of hydrogen-bond acceptors (Lipinski definition) is 3. The van der Waals surface area contributed by atoms with Crippen molar-refractivity contribution in [2.24, 2.45) is 10.9 Å². The minimum atomic E-state index is -2.46. The van der Waals surface area contributed by atoms with Crippen molar-refractivity contribution >= 4 is 27.1 Å². The van der Waals surface area contributed by atoms with Gasteiger partial charge in [-0.25, -0.2) is 0 Å². The first-order valence-corrected chi connectivity index (χ1v) is 16.6. The average Bonchev–Trinajstić information content (AvgIpc) is 3.68. The van der Waals surface area contributed by atoms with Crippen molar-refractivity contribution < 1.29 is 27.0 Å². The van der Waals surface area contributed by atoms with E-state index in [-0.39, 0.29) is 43.4 Å². The van der Waals surface area contributed by atoms with Gasteiger partial charge < -0.3 is 9.98 Å². The molecule has 2 aromatic heterocycles. The van der Waals surface area contributed by atoms with Gasteiger partial charge in [-0.3, -0.25) is 0 Å². The van der Waals surface area contributed by atoms with Crippen LogP contribution >= 0.6 is 11.3 Å². The van der Waals surface area contributed by atoms with Crippen molar-refractivity contribution in [1.82, 2.24) is 4.98 Å². The summed E-state index contributed by atoms with van der Waals surface area (Å²) < 4.78 is 39.5. The van der Waals surface area contributed by atoms with E-state index in [4.69, 9.17) is 11.8 Å². The fraction of sp³-hybridized carbons (Fsp3) is 0.350. The second kappa shape index (κ2) is 16.4. The number of fused-ring (bicyclic) bond motifs is 1. The summed E-state index contributed by atoms with van der Waals surface area (Å²) in [6.07, 6.45) is 18.2. The first-order chi connectivity index (χ1) is 23.3. The molecule has 1 aliphatic heterocycles. The number of allylic oxidation sites excluding steroid dienone is 1. The van der Waals surface area contributed by atoms with E-state index in [0.717, 1.165) is 34.5 Å². The third-order valence-corrected chi connectivity index (χ3v) is 9.84. The van der Waals surface area contributed by atoms with Gasteiger partial charge in [0.25, 0.3) is 0 Å². The van der Waals surface area contributed by atoms with Crippen LogP contribution in [-0.4, -0.2) is 10.7 Å². The first kappa shape index (κ1) is 26.3. The summed E-state index contributed by atoms with van der Waals surface area (Å²) in [4.78, 5) is 8.98. The maximum Gasteiger partial charge on any atom is 0.0618 e. The first-order valence-electron chi connectivity index (χ1n) is 18.2. The topological polar surface area (TPSA) is 25.2 Å². The van der Waals surface area contributed by atoms with E-state index in [1.165, 1.54) is 92.4 Å². The number of aromatic nitrogens is 1. The Kier molecular flexibility index (Phi) is 9.82. The van der Waals surface area contributed by atoms with E-state index in [1.807, 2.05) is 41.8 Å². The smallest absolute Gasteiger partial charge is 0.0618 e. The molecular formula is C40H42IrN2S-2. The van der Waals surface area contributed by atoms with E-state index in [0.29, 0.717) is 5.56 Å². The predicted molar refractivity (Wildman–Crippen MR) is 183 cm³/mol. The zero-order valence-electron chi connectivity index (χ0n) is 30.1. The molecular weight excluding hydrogens is 733 g/mol. The Labute approximate surface area is 288 Å². The molecule has 0 spiro atoms. The molecule has 0 saturated heterocycles. The van der Waals surface area contributed by atoms with Gasteiger partial charge in [-0.05, 0) is 85.6 Å². The van der Waals surface area contributed by atoms with Crippen molar-refractivity contribution in [3.05, 3.63) is 125 Å². The fourth-order valence-corrected chi connectivity index (χ4v) is 7.31. The zero-order valence-corrected chi connectivity index (χ0v) is 28.3. The molecule has 229 valence electrons. The Morgan fingerprint density at radius 2 is 1.61 bits per heavy atom. The van der Waals surface area contributed by atoms with Crippen LogP contribution in [0.3, 0.4) is 0 Å². The van der Waals surface area contributed by atoms with Gasteiger partial charge in [0.1, 0.15) is 0 Å². The van der Waals surface area contributed by atoms with Gasteiger partial charge in [0.15, 0.2) is 0 Å². The molecule has 0 amide bonds. The molecule has 3 aliphatic rings. The predicted octanol–water partition coefficient (Wildman–Crippen LogP) is 11.4. The van der Waals surface area contributed by atoms with Gasteiger partial charge in [-0.1, -0.05) is 79.4 Å². The Morgan fingerprint density at radius 1 is 0.841 bits per heavy atom. The molecule has 4 heteroatoms. The Balaban J connectivity index is 0.000000188. The van der Waals surface area contributed by atoms with Crippen molar-refractivity contribution in [2.75, 3.05) is 0 Å². The monoisotopic (exact) mass is 780 g/mol. The molecule has 1 radical (unpaired) electrons. The summed E-state index contributed by atoms with van der Waals surface area (Å²) in [5, 5.41) is 2.89. The molecule has 0 unspecified atom stereocenters. The van der Waals surface area contributed by atoms with Gasteiger partial charge >= 0.3 is 0 Å². The molecule has 7 rings (SSSR count). The SMILES string of the molecule is [2H]c1c(C([2H])([2H])[2H])cnc(-c2[c-]cccc3ccccc3sc2)c1[2H].[Ir].[c-]1ccc(C2CCCC2)cc1C1=NC=C(C2CCCCC2)CC1. The molecule has 0 bridgehead atoms. The van der Waals surface area contributed by atoms with Crippen LogP contribution in [0.15, 0.2) is 101 Å². The molecule has 4 aromatic rings. The van der Waals surface area contributed by atoms with E-state index in [1.54, 1.807) is 11.6 Å². The molecule has 2 saturated carbocycles. The minimum Gasteiger partial charge on any atom is -0.309 e. The van der Waals surface area contributed by atoms with Crippen molar-refractivity contribution in [1.29, 1.82) is 0 Å². The third-order valence-electron chi connectivity index (χ3n) is 8.86. The number of benzene rings is 2. The largest absolute Gasteiger partial charge is 0.309 e. The van der Waals surface area contributed by atoms with Crippen LogP contribution < -0.4 is 0 Å². The summed E-state index contributed by atoms with van der Waals surface area (Å²) in [6, 6.07) is 26.2. The van der Waals surface area contributed by atoms with Gasteiger partial charge in [-0.15, -0.1) is 59.2 Å². The van der Waals surface area contributed by atoms with Crippen molar-refractivity contribution in [2.45, 2.75) is 83.4 Å². The minimum absolute atomic E-state index is 0. The summed E-state index contributed by atoms with van der Waals surface area (Å²) in [7, 11) is 0. The Hall–Kier alpha value is -2.91. The average molecular weight is 780 g/mol. The van der Waals surface area contributed by atoms with Crippen LogP contribution in [0.2, 0.25) is 0 Å². The number of hydrogen-bond donors (Lipinski definition) is 0. The Bertz CT molecular complexity index is 1850. The third kappa shape index (κ3) is 8.62. The van der Waals surface area contributed by atoms with Gasteiger partial charge in [-0.2, -0.15) is 11.3 Å². The zero-order chi connectivity index (χ0) is 33.5. The maximum absolute atomic E-state index is 8.16. The summed E-state index contributed by atoms with van der Waals surface area (Å²) in [5.74, 6) is 1.60. The molecule has 44 heavy (non-hydrogen) atoms. The normalized spacial score (nSPS) is 19.0. The maximum atomic E-state index is 8.16. The summed E-state index contributed by atoms with van der Waals surface area (Å²) >= 11 is 1.47. The molecule has 2 aromatic carbocycles. The van der Waals surface area contributed by atoms with E-state index in [2.05, 4.69) is 41.5 Å². The number of aliphatic imine (C=N–C) groups is 1. The van der Waals surface area contributed by atoms with Crippen LogP contribution in [-0.2, 0) is 20.1 Å². The van der Waals surface area contributed by atoms with E-state index in [9.17, 15) is 0 Å². The number of aryl methyl sites for hydroxylation is 1. The second-order valence-corrected chi connectivity index (χ2v) is 12.7. The summed E-state index contributed by atoms with van der Waals surface area (Å²) in [5.41, 5.74) is 6.20. The van der Waals surface area contributed by atoms with Crippen LogP contribution in [0.1, 0.15) is 100 Å². The standard InChI is InChI=1S/C22H28N.C18H14NS.Ir/c1-2-7-18(8-3-1)21-13-14-22(23-16-21)20-12-6-11-19(15-20)17-9-4-5-10-17;1-14-10-11-17(19-12-14)16-8-3-2-6-15-7-4-5-9-18(15)20-13-16;/h6,11,15-18H,1-5,7-10,13-14H2;2-7,9-13H,1H3;/q2*-1;/i;1D3,10D,11D;. The molecule has 0 N–H and O–H groups in total. The van der Waals surface area contributed by atoms with Gasteiger partial charge in [0.2, 0.25) is 0 Å². The van der Waals surface area contributed by atoms with E-state index < -0.39 is 6.85 Å². The van der Waals surface area contributed by atoms with Crippen molar-refractivity contribution in [3.8, 4) is 11.3 Å². The van der Waals surface area contributed by atoms with Crippen LogP contribution in [0.5, 0.6) is 0 Å². The number of nitrogens with zero attached hydrogens (tertiary/aromatic N) is 2. The molecule has 2 nitrogen and oxygen atoms in total. The van der Waals surface area contributed by atoms with Crippen LogP contribution in [0.4, 0.5) is 0 Å². The van der Waals surface area contributed by atoms with Crippen molar-refractivity contribution in [3.63, 3.8) is 0 Å². The van der Waals surface area contributed by atoms with Gasteiger partial charge in [0.05, 0.1) is 2.74 Å². The van der Waals surface area contributed by atoms with Crippen LogP contribution in [0.25, 0.3) is 21.3 Å². The number of rotatable bonds is 4. The quantitative estimate of drug-likeness (QED) is 0.189.